The van der Waals surface area contributed by atoms with Gasteiger partial charge in [0.05, 0.1) is 7.11 Å². The molecule has 0 aromatic carbocycles. The third-order valence-corrected chi connectivity index (χ3v) is 3.63. The topological polar surface area (TPSA) is 64.1 Å². The lowest BCUT2D eigenvalue weighted by Crippen LogP contribution is -2.33. The average molecular weight is 277 g/mol. The molecule has 0 saturated carbocycles. The van der Waals surface area contributed by atoms with Crippen LogP contribution in [0.15, 0.2) is 6.33 Å². The number of ether oxygens (including phenoxy) is 1. The van der Waals surface area contributed by atoms with Crippen molar-refractivity contribution in [2.45, 2.75) is 52.0 Å². The highest BCUT2D eigenvalue weighted by molar-refractivity contribution is 5.79. The largest absolute Gasteiger partial charge is 0.467 e. The first-order valence-corrected chi connectivity index (χ1v) is 7.29. The minimum Gasteiger partial charge on any atom is -0.467 e. The maximum absolute atomic E-state index is 11.9. The zero-order valence-electron chi connectivity index (χ0n) is 12.5. The van der Waals surface area contributed by atoms with Crippen LogP contribution in [0.3, 0.4) is 0 Å². The molecule has 110 valence electrons. The second kappa shape index (κ2) is 6.68. The summed E-state index contributed by atoms with van der Waals surface area (Å²) in [5.41, 5.74) is 2.28. The van der Waals surface area contributed by atoms with Gasteiger partial charge >= 0.3 is 5.97 Å². The lowest BCUT2D eigenvalue weighted by molar-refractivity contribution is -0.141. The van der Waals surface area contributed by atoms with Gasteiger partial charge in [-0.25, -0.2) is 14.8 Å². The van der Waals surface area contributed by atoms with E-state index in [9.17, 15) is 4.79 Å². The lowest BCUT2D eigenvalue weighted by Gasteiger charge is -2.23. The van der Waals surface area contributed by atoms with Crippen molar-refractivity contribution in [1.82, 2.24) is 9.97 Å². The van der Waals surface area contributed by atoms with E-state index < -0.39 is 0 Å². The number of fused-ring (bicyclic) bond motifs is 1. The zero-order valence-corrected chi connectivity index (χ0v) is 12.5. The highest BCUT2D eigenvalue weighted by Gasteiger charge is 2.23. The van der Waals surface area contributed by atoms with Gasteiger partial charge in [0.15, 0.2) is 0 Å². The summed E-state index contributed by atoms with van der Waals surface area (Å²) in [6.45, 7) is 4.18. The maximum Gasteiger partial charge on any atom is 0.328 e. The lowest BCUT2D eigenvalue weighted by atomic mass is 9.96. The summed E-state index contributed by atoms with van der Waals surface area (Å²) >= 11 is 0. The van der Waals surface area contributed by atoms with Crippen molar-refractivity contribution < 1.29 is 9.53 Å². The minimum atomic E-state index is -0.346. The summed E-state index contributed by atoms with van der Waals surface area (Å²) in [4.78, 5) is 20.6. The molecular weight excluding hydrogens is 254 g/mol. The molecule has 5 nitrogen and oxygen atoms in total. The summed E-state index contributed by atoms with van der Waals surface area (Å²) in [6.07, 6.45) is 6.62. The van der Waals surface area contributed by atoms with Crippen molar-refractivity contribution in [3.63, 3.8) is 0 Å². The summed E-state index contributed by atoms with van der Waals surface area (Å²) in [5, 5.41) is 3.26. The highest BCUT2D eigenvalue weighted by atomic mass is 16.5. The summed E-state index contributed by atoms with van der Waals surface area (Å²) < 4.78 is 4.88. The van der Waals surface area contributed by atoms with Crippen molar-refractivity contribution >= 4 is 11.8 Å². The number of aromatic nitrogens is 2. The number of anilines is 1. The van der Waals surface area contributed by atoms with Gasteiger partial charge in [-0.2, -0.15) is 0 Å². The van der Waals surface area contributed by atoms with Crippen molar-refractivity contribution in [2.75, 3.05) is 12.4 Å². The molecule has 0 radical (unpaired) electrons. The van der Waals surface area contributed by atoms with Gasteiger partial charge in [-0.1, -0.05) is 13.8 Å². The van der Waals surface area contributed by atoms with Gasteiger partial charge in [-0.3, -0.25) is 0 Å². The molecule has 0 amide bonds. The Balaban J connectivity index is 2.19. The van der Waals surface area contributed by atoms with Crippen LogP contribution in [0.2, 0.25) is 0 Å². The number of hydrogen-bond acceptors (Lipinski definition) is 5. The third kappa shape index (κ3) is 3.46. The molecule has 0 fully saturated rings. The van der Waals surface area contributed by atoms with Crippen LogP contribution in [0.5, 0.6) is 0 Å². The number of aryl methyl sites for hydroxylation is 1. The molecule has 0 bridgehead atoms. The fourth-order valence-electron chi connectivity index (χ4n) is 2.64. The fourth-order valence-corrected chi connectivity index (χ4v) is 2.64. The molecular formula is C15H23N3O2. The van der Waals surface area contributed by atoms with Gasteiger partial charge in [-0.15, -0.1) is 0 Å². The standard InChI is InChI=1S/C15H23N3O2/c1-10(2)8-13(15(19)20-3)18-14-11-6-4-5-7-12(11)16-9-17-14/h9-10,13H,4-8H2,1-3H3,(H,16,17,18). The van der Waals surface area contributed by atoms with E-state index in [0.29, 0.717) is 5.92 Å². The predicted molar refractivity (Wildman–Crippen MR) is 77.6 cm³/mol. The van der Waals surface area contributed by atoms with E-state index in [-0.39, 0.29) is 12.0 Å². The molecule has 1 atom stereocenters. The van der Waals surface area contributed by atoms with E-state index in [4.69, 9.17) is 4.74 Å². The summed E-state index contributed by atoms with van der Waals surface area (Å²) in [5.74, 6) is 0.969. The summed E-state index contributed by atoms with van der Waals surface area (Å²) in [6, 6.07) is -0.346. The van der Waals surface area contributed by atoms with E-state index in [1.165, 1.54) is 13.5 Å². The SMILES string of the molecule is COC(=O)C(CC(C)C)Nc1ncnc2c1CCCC2. The molecule has 1 unspecified atom stereocenters. The van der Waals surface area contributed by atoms with Crippen molar-refractivity contribution in [2.24, 2.45) is 5.92 Å². The maximum atomic E-state index is 11.9. The Bertz CT molecular complexity index is 474. The molecule has 0 saturated heterocycles. The van der Waals surface area contributed by atoms with Crippen LogP contribution >= 0.6 is 0 Å². The second-order valence-corrected chi connectivity index (χ2v) is 5.70. The van der Waals surface area contributed by atoms with Crippen molar-refractivity contribution in [3.05, 3.63) is 17.6 Å². The smallest absolute Gasteiger partial charge is 0.328 e. The van der Waals surface area contributed by atoms with Crippen molar-refractivity contribution in [3.8, 4) is 0 Å². The number of esters is 1. The fraction of sp³-hybridized carbons (Fsp3) is 0.667. The number of carbonyl (C=O) groups excluding carboxylic acids is 1. The number of hydrogen-bond donors (Lipinski definition) is 1. The molecule has 2 rings (SSSR count). The summed E-state index contributed by atoms with van der Waals surface area (Å²) in [7, 11) is 1.42. The van der Waals surface area contributed by atoms with Crippen LogP contribution in [-0.2, 0) is 22.4 Å². The molecule has 1 heterocycles. The Morgan fingerprint density at radius 2 is 2.10 bits per heavy atom. The van der Waals surface area contributed by atoms with E-state index in [1.54, 1.807) is 6.33 Å². The minimum absolute atomic E-state index is 0.234. The van der Waals surface area contributed by atoms with Gasteiger partial charge in [0.25, 0.3) is 0 Å². The Morgan fingerprint density at radius 3 is 2.80 bits per heavy atom. The Kier molecular flexibility index (Phi) is 4.93. The van der Waals surface area contributed by atoms with Crippen molar-refractivity contribution in [1.29, 1.82) is 0 Å². The highest BCUT2D eigenvalue weighted by Crippen LogP contribution is 2.25. The second-order valence-electron chi connectivity index (χ2n) is 5.70. The van der Waals surface area contributed by atoms with Gasteiger partial charge in [-0.05, 0) is 38.0 Å². The average Bonchev–Trinajstić information content (AvgIpc) is 2.45. The molecule has 1 aromatic rings. The first-order valence-electron chi connectivity index (χ1n) is 7.29. The van der Waals surface area contributed by atoms with Gasteiger partial charge in [0.2, 0.25) is 0 Å². The van der Waals surface area contributed by atoms with Gasteiger partial charge in [0, 0.05) is 11.3 Å². The quantitative estimate of drug-likeness (QED) is 0.837. The molecule has 5 heteroatoms. The number of carbonyl (C=O) groups is 1. The monoisotopic (exact) mass is 277 g/mol. The van der Waals surface area contributed by atoms with E-state index >= 15 is 0 Å². The van der Waals surface area contributed by atoms with Crippen LogP contribution in [0, 0.1) is 5.92 Å². The molecule has 0 spiro atoms. The number of methoxy groups -OCH3 is 1. The number of nitrogens with one attached hydrogen (secondary N) is 1. The van der Waals surface area contributed by atoms with Crippen LogP contribution in [0.1, 0.15) is 44.4 Å². The molecule has 1 N–H and O–H groups in total. The zero-order chi connectivity index (χ0) is 14.5. The molecule has 1 aliphatic rings. The van der Waals surface area contributed by atoms with Crippen LogP contribution in [-0.4, -0.2) is 29.1 Å². The first kappa shape index (κ1) is 14.8. The van der Waals surface area contributed by atoms with Gasteiger partial charge in [0.1, 0.15) is 18.2 Å². The third-order valence-electron chi connectivity index (χ3n) is 3.63. The molecule has 1 aromatic heterocycles. The Morgan fingerprint density at radius 1 is 1.35 bits per heavy atom. The number of nitrogens with zero attached hydrogens (tertiary/aromatic N) is 2. The van der Waals surface area contributed by atoms with E-state index in [0.717, 1.165) is 42.8 Å². The van der Waals surface area contributed by atoms with E-state index in [2.05, 4.69) is 29.1 Å². The predicted octanol–water partition coefficient (Wildman–Crippen LogP) is 2.36. The van der Waals surface area contributed by atoms with Crippen LogP contribution < -0.4 is 5.32 Å². The normalized spacial score (nSPS) is 15.6. The molecule has 1 aliphatic carbocycles. The molecule has 0 aliphatic heterocycles. The Labute approximate surface area is 120 Å². The first-order chi connectivity index (χ1) is 9.61. The van der Waals surface area contributed by atoms with E-state index in [1.807, 2.05) is 0 Å². The molecule has 20 heavy (non-hydrogen) atoms. The Hall–Kier alpha value is -1.65. The van der Waals surface area contributed by atoms with Gasteiger partial charge < -0.3 is 10.1 Å². The van der Waals surface area contributed by atoms with Crippen LogP contribution in [0.4, 0.5) is 5.82 Å². The van der Waals surface area contributed by atoms with Crippen LogP contribution in [0.25, 0.3) is 0 Å². The number of rotatable bonds is 5.